The highest BCUT2D eigenvalue weighted by molar-refractivity contribution is 7.11. The van der Waals surface area contributed by atoms with E-state index in [0.29, 0.717) is 19.7 Å². The third-order valence-corrected chi connectivity index (χ3v) is 4.70. The molecule has 8 heteroatoms. The predicted molar refractivity (Wildman–Crippen MR) is 88.5 cm³/mol. The normalized spacial score (nSPS) is 17.9. The van der Waals surface area contributed by atoms with Gasteiger partial charge in [0, 0.05) is 25.5 Å². The number of nitrogens with one attached hydrogen (secondary N) is 1. The molecule has 0 bridgehead atoms. The highest BCUT2D eigenvalue weighted by Crippen LogP contribution is 2.18. The van der Waals surface area contributed by atoms with Crippen molar-refractivity contribution in [2.75, 3.05) is 33.8 Å². The Morgan fingerprint density at radius 1 is 1.48 bits per heavy atom. The largest absolute Gasteiger partial charge is 0.365 e. The number of carbonyl (C=O) groups excluding carboxylic acids is 2. The van der Waals surface area contributed by atoms with Crippen LogP contribution in [0.3, 0.4) is 0 Å². The van der Waals surface area contributed by atoms with E-state index in [-0.39, 0.29) is 18.5 Å². The van der Waals surface area contributed by atoms with E-state index < -0.39 is 6.10 Å². The maximum atomic E-state index is 12.3. The van der Waals surface area contributed by atoms with Gasteiger partial charge in [0.15, 0.2) is 6.10 Å². The molecule has 0 aromatic carbocycles. The number of ether oxygens (including phenoxy) is 1. The smallest absolute Gasteiger partial charge is 0.317 e. The lowest BCUT2D eigenvalue weighted by Crippen LogP contribution is -2.53. The number of urea groups is 1. The summed E-state index contributed by atoms with van der Waals surface area (Å²) in [5.41, 5.74) is 1.04. The molecule has 1 aromatic rings. The van der Waals surface area contributed by atoms with Crippen LogP contribution in [-0.4, -0.2) is 66.6 Å². The van der Waals surface area contributed by atoms with E-state index in [1.54, 1.807) is 30.3 Å². The fraction of sp³-hybridized carbons (Fsp3) is 0.667. The maximum Gasteiger partial charge on any atom is 0.317 e. The van der Waals surface area contributed by atoms with Gasteiger partial charge in [-0.05, 0) is 13.3 Å². The van der Waals surface area contributed by atoms with Crippen molar-refractivity contribution in [1.82, 2.24) is 20.1 Å². The first-order valence-corrected chi connectivity index (χ1v) is 8.54. The number of aromatic nitrogens is 1. The molecule has 2 rings (SSSR count). The minimum Gasteiger partial charge on any atom is -0.365 e. The van der Waals surface area contributed by atoms with E-state index in [1.165, 1.54) is 4.90 Å². The van der Waals surface area contributed by atoms with Gasteiger partial charge in [-0.2, -0.15) is 0 Å². The predicted octanol–water partition coefficient (Wildman–Crippen LogP) is 1.01. The van der Waals surface area contributed by atoms with Crippen LogP contribution in [0.4, 0.5) is 4.79 Å². The minimum absolute atomic E-state index is 0.117. The topological polar surface area (TPSA) is 74.8 Å². The van der Waals surface area contributed by atoms with Crippen molar-refractivity contribution in [2.45, 2.75) is 32.9 Å². The van der Waals surface area contributed by atoms with E-state index in [9.17, 15) is 9.59 Å². The zero-order valence-corrected chi connectivity index (χ0v) is 14.9. The van der Waals surface area contributed by atoms with Crippen LogP contribution in [0.2, 0.25) is 0 Å². The number of rotatable bonds is 4. The fourth-order valence-corrected chi connectivity index (χ4v) is 3.43. The van der Waals surface area contributed by atoms with Crippen LogP contribution in [0.5, 0.6) is 0 Å². The first-order valence-electron chi connectivity index (χ1n) is 7.73. The first kappa shape index (κ1) is 17.7. The summed E-state index contributed by atoms with van der Waals surface area (Å²) in [6.45, 7) is 5.64. The number of nitrogens with zero attached hydrogens (tertiary/aromatic N) is 3. The number of morpholine rings is 1. The third-order valence-electron chi connectivity index (χ3n) is 3.69. The van der Waals surface area contributed by atoms with Gasteiger partial charge < -0.3 is 19.9 Å². The number of likely N-dealkylation sites (N-methyl/N-ethyl adjacent to an activating group) is 1. The van der Waals surface area contributed by atoms with Crippen LogP contribution in [0.15, 0.2) is 0 Å². The number of carbonyl (C=O) groups is 2. The van der Waals surface area contributed by atoms with Crippen LogP contribution >= 0.6 is 11.3 Å². The third kappa shape index (κ3) is 4.42. The summed E-state index contributed by atoms with van der Waals surface area (Å²) < 4.78 is 5.46. The average Bonchev–Trinajstić information content (AvgIpc) is 2.91. The van der Waals surface area contributed by atoms with Gasteiger partial charge in [0.25, 0.3) is 5.91 Å². The molecule has 3 amide bonds. The minimum atomic E-state index is -0.582. The highest BCUT2D eigenvalue weighted by Gasteiger charge is 2.30. The molecule has 1 aliphatic heterocycles. The Hall–Kier alpha value is -1.67. The van der Waals surface area contributed by atoms with Crippen molar-refractivity contribution in [3.8, 4) is 0 Å². The number of hydrogen-bond donors (Lipinski definition) is 1. The van der Waals surface area contributed by atoms with Gasteiger partial charge in [-0.3, -0.25) is 4.79 Å². The van der Waals surface area contributed by atoms with Crippen molar-refractivity contribution < 1.29 is 14.3 Å². The Morgan fingerprint density at radius 3 is 2.87 bits per heavy atom. The van der Waals surface area contributed by atoms with Gasteiger partial charge in [-0.15, -0.1) is 11.3 Å². The van der Waals surface area contributed by atoms with E-state index in [2.05, 4.69) is 17.2 Å². The lowest BCUT2D eigenvalue weighted by Gasteiger charge is -2.33. The summed E-state index contributed by atoms with van der Waals surface area (Å²) >= 11 is 1.61. The molecule has 1 atom stereocenters. The zero-order chi connectivity index (χ0) is 17.0. The molecule has 0 spiro atoms. The van der Waals surface area contributed by atoms with E-state index in [4.69, 9.17) is 4.74 Å². The second-order valence-corrected chi connectivity index (χ2v) is 6.94. The summed E-state index contributed by atoms with van der Waals surface area (Å²) in [5, 5.41) is 3.93. The van der Waals surface area contributed by atoms with E-state index >= 15 is 0 Å². The van der Waals surface area contributed by atoms with Crippen LogP contribution in [-0.2, 0) is 22.5 Å². The molecule has 1 N–H and O–H groups in total. The number of thiazole rings is 1. The monoisotopic (exact) mass is 340 g/mol. The molecule has 0 unspecified atom stereocenters. The van der Waals surface area contributed by atoms with Crippen LogP contribution in [0.1, 0.15) is 22.5 Å². The van der Waals surface area contributed by atoms with Gasteiger partial charge >= 0.3 is 6.03 Å². The molecule has 0 aliphatic carbocycles. The lowest BCUT2D eigenvalue weighted by molar-refractivity contribution is -0.145. The van der Waals surface area contributed by atoms with Gasteiger partial charge in [-0.1, -0.05) is 6.92 Å². The van der Waals surface area contributed by atoms with Gasteiger partial charge in [0.2, 0.25) is 0 Å². The Morgan fingerprint density at radius 2 is 2.22 bits per heavy atom. The van der Waals surface area contributed by atoms with Crippen LogP contribution < -0.4 is 5.32 Å². The van der Waals surface area contributed by atoms with Crippen LogP contribution in [0.25, 0.3) is 0 Å². The summed E-state index contributed by atoms with van der Waals surface area (Å²) in [5.74, 6) is -0.117. The molecule has 1 aliphatic rings. The van der Waals surface area contributed by atoms with Gasteiger partial charge in [0.05, 0.1) is 30.4 Å². The second-order valence-electron chi connectivity index (χ2n) is 5.65. The van der Waals surface area contributed by atoms with Crippen molar-refractivity contribution in [2.24, 2.45) is 0 Å². The zero-order valence-electron chi connectivity index (χ0n) is 14.1. The molecule has 1 fully saturated rings. The lowest BCUT2D eigenvalue weighted by atomic mass is 10.2. The maximum absolute atomic E-state index is 12.3. The Bertz CT molecular complexity index is 573. The molecule has 128 valence electrons. The average molecular weight is 340 g/mol. The number of amides is 3. The molecular formula is C15H24N4O3S. The van der Waals surface area contributed by atoms with Gasteiger partial charge in [0.1, 0.15) is 0 Å². The fourth-order valence-electron chi connectivity index (χ4n) is 2.47. The molecule has 0 radical (unpaired) electrons. The molecule has 1 aromatic heterocycles. The van der Waals surface area contributed by atoms with E-state index in [1.807, 2.05) is 6.92 Å². The Labute approximate surface area is 140 Å². The first-order chi connectivity index (χ1) is 10.9. The molecule has 1 saturated heterocycles. The van der Waals surface area contributed by atoms with Crippen molar-refractivity contribution in [3.63, 3.8) is 0 Å². The Balaban J connectivity index is 1.91. The Kier molecular flexibility index (Phi) is 5.95. The number of aryl methyl sites for hydroxylation is 2. The molecule has 0 saturated carbocycles. The highest BCUT2D eigenvalue weighted by atomic mass is 32.1. The molecule has 7 nitrogen and oxygen atoms in total. The SMILES string of the molecule is CCc1nc(C)sc1CNC(=O)N1CCO[C@H](C(=O)N(C)C)C1. The summed E-state index contributed by atoms with van der Waals surface area (Å²) in [4.78, 5) is 33.0. The van der Waals surface area contributed by atoms with Crippen LogP contribution in [0, 0.1) is 6.92 Å². The summed E-state index contributed by atoms with van der Waals surface area (Å²) in [6.07, 6.45) is 0.272. The summed E-state index contributed by atoms with van der Waals surface area (Å²) in [6, 6.07) is -0.169. The molecule has 23 heavy (non-hydrogen) atoms. The summed E-state index contributed by atoms with van der Waals surface area (Å²) in [7, 11) is 3.37. The van der Waals surface area contributed by atoms with Crippen molar-refractivity contribution in [3.05, 3.63) is 15.6 Å². The molecule has 2 heterocycles. The quantitative estimate of drug-likeness (QED) is 0.888. The van der Waals surface area contributed by atoms with Gasteiger partial charge in [-0.25, -0.2) is 9.78 Å². The molecular weight excluding hydrogens is 316 g/mol. The van der Waals surface area contributed by atoms with E-state index in [0.717, 1.165) is 22.0 Å². The second kappa shape index (κ2) is 7.74. The van der Waals surface area contributed by atoms with Crippen molar-refractivity contribution in [1.29, 1.82) is 0 Å². The standard InChI is InChI=1S/C15H24N4O3S/c1-5-11-13(23-10(2)17-11)8-16-15(21)19-6-7-22-12(9-19)14(20)18(3)4/h12H,5-9H2,1-4H3,(H,16,21)/t12-/m0/s1. The number of hydrogen-bond acceptors (Lipinski definition) is 5. The van der Waals surface area contributed by atoms with Crippen molar-refractivity contribution >= 4 is 23.3 Å².